The van der Waals surface area contributed by atoms with Gasteiger partial charge in [-0.2, -0.15) is 5.10 Å². The van der Waals surface area contributed by atoms with E-state index in [1.165, 1.54) is 4.40 Å². The Hall–Kier alpha value is -1.85. The molecule has 18 heavy (non-hydrogen) atoms. The molecule has 0 aliphatic rings. The smallest absolute Gasteiger partial charge is 0.349 e. The minimum Gasteiger partial charge on any atom is -0.367 e. The molecule has 0 bridgehead atoms. The molecule has 0 saturated heterocycles. The van der Waals surface area contributed by atoms with Crippen molar-refractivity contribution in [1.82, 2.24) is 19.6 Å². The van der Waals surface area contributed by atoms with Crippen molar-refractivity contribution < 1.29 is 0 Å². The minimum absolute atomic E-state index is 0.252. The van der Waals surface area contributed by atoms with E-state index in [0.29, 0.717) is 23.4 Å². The monoisotopic (exact) mass is 249 g/mol. The molecule has 2 N–H and O–H groups in total. The highest BCUT2D eigenvalue weighted by Gasteiger charge is 2.13. The van der Waals surface area contributed by atoms with Gasteiger partial charge < -0.3 is 5.32 Å². The van der Waals surface area contributed by atoms with E-state index in [2.05, 4.69) is 41.3 Å². The molecule has 2 aromatic heterocycles. The van der Waals surface area contributed by atoms with Crippen LogP contribution in [0.5, 0.6) is 0 Å². The Morgan fingerprint density at radius 1 is 1.50 bits per heavy atom. The van der Waals surface area contributed by atoms with Crippen LogP contribution in [0.1, 0.15) is 33.0 Å². The molecule has 1 unspecified atom stereocenters. The number of nitrogens with one attached hydrogen (secondary N) is 2. The number of aryl methyl sites for hydroxylation is 1. The second kappa shape index (κ2) is 4.80. The van der Waals surface area contributed by atoms with Gasteiger partial charge in [0.1, 0.15) is 11.6 Å². The van der Waals surface area contributed by atoms with Crippen LogP contribution in [-0.4, -0.2) is 25.6 Å². The largest absolute Gasteiger partial charge is 0.367 e. The highest BCUT2D eigenvalue weighted by atomic mass is 16.1. The van der Waals surface area contributed by atoms with Crippen LogP contribution >= 0.6 is 0 Å². The molecule has 6 heteroatoms. The maximum absolute atomic E-state index is 11.5. The zero-order valence-corrected chi connectivity index (χ0v) is 11.2. The van der Waals surface area contributed by atoms with Crippen LogP contribution < -0.4 is 11.0 Å². The molecule has 0 aromatic carbocycles. The number of nitrogens with zero attached hydrogens (tertiary/aromatic N) is 3. The number of H-pyrrole nitrogens is 1. The molecule has 0 fully saturated rings. The number of aromatic amines is 1. The van der Waals surface area contributed by atoms with Gasteiger partial charge in [-0.05, 0) is 19.3 Å². The maximum Gasteiger partial charge on any atom is 0.349 e. The van der Waals surface area contributed by atoms with Gasteiger partial charge in [0, 0.05) is 12.1 Å². The second-order valence-electron chi connectivity index (χ2n) is 4.81. The number of rotatable bonds is 4. The van der Waals surface area contributed by atoms with E-state index in [0.717, 1.165) is 12.2 Å². The SMILES string of the molecule is CCC(Nc1cc2n[nH]c(=O)n2c(C)n1)C(C)C. The molecule has 2 heterocycles. The third-order valence-corrected chi connectivity index (χ3v) is 3.15. The van der Waals surface area contributed by atoms with Gasteiger partial charge in [-0.3, -0.25) is 0 Å². The van der Waals surface area contributed by atoms with Crippen LogP contribution in [0.3, 0.4) is 0 Å². The van der Waals surface area contributed by atoms with Crippen LogP contribution in [0.25, 0.3) is 5.65 Å². The lowest BCUT2D eigenvalue weighted by molar-refractivity contribution is 0.509. The molecule has 0 saturated carbocycles. The van der Waals surface area contributed by atoms with E-state index in [4.69, 9.17) is 0 Å². The first-order valence-electron chi connectivity index (χ1n) is 6.24. The zero-order chi connectivity index (χ0) is 13.3. The lowest BCUT2D eigenvalue weighted by atomic mass is 10.0. The van der Waals surface area contributed by atoms with Crippen LogP contribution in [0.4, 0.5) is 5.82 Å². The molecule has 1 atom stereocenters. The van der Waals surface area contributed by atoms with Crippen molar-refractivity contribution in [2.24, 2.45) is 5.92 Å². The summed E-state index contributed by atoms with van der Waals surface area (Å²) in [6.07, 6.45) is 1.02. The topological polar surface area (TPSA) is 75.1 Å². The number of fused-ring (bicyclic) bond motifs is 1. The normalized spacial score (nSPS) is 13.2. The molecule has 0 amide bonds. The minimum atomic E-state index is -0.252. The van der Waals surface area contributed by atoms with Crippen LogP contribution in [0, 0.1) is 12.8 Å². The Kier molecular flexibility index (Phi) is 3.36. The molecule has 2 aromatic rings. The summed E-state index contributed by atoms with van der Waals surface area (Å²) >= 11 is 0. The third-order valence-electron chi connectivity index (χ3n) is 3.15. The molecule has 6 nitrogen and oxygen atoms in total. The summed E-state index contributed by atoms with van der Waals surface area (Å²) in [7, 11) is 0. The summed E-state index contributed by atoms with van der Waals surface area (Å²) in [5.41, 5.74) is 0.339. The number of anilines is 1. The van der Waals surface area contributed by atoms with E-state index in [9.17, 15) is 4.79 Å². The predicted molar refractivity (Wildman–Crippen MR) is 70.9 cm³/mol. The van der Waals surface area contributed by atoms with Crippen molar-refractivity contribution >= 4 is 11.5 Å². The first-order chi connectivity index (χ1) is 8.52. The Morgan fingerprint density at radius 2 is 2.22 bits per heavy atom. The van der Waals surface area contributed by atoms with Crippen LogP contribution in [0.2, 0.25) is 0 Å². The Morgan fingerprint density at radius 3 is 2.83 bits per heavy atom. The lowest BCUT2D eigenvalue weighted by Crippen LogP contribution is -2.25. The van der Waals surface area contributed by atoms with Crippen LogP contribution in [0.15, 0.2) is 10.9 Å². The summed E-state index contributed by atoms with van der Waals surface area (Å²) in [6.45, 7) is 8.28. The van der Waals surface area contributed by atoms with Crippen molar-refractivity contribution in [1.29, 1.82) is 0 Å². The number of hydrogen-bond donors (Lipinski definition) is 2. The Labute approximate surface area is 105 Å². The standard InChI is InChI=1S/C12H19N5O/c1-5-9(7(2)3)14-10-6-11-15-16-12(18)17(11)8(4)13-10/h6-7,9,14H,5H2,1-4H3,(H,16,18). The van der Waals surface area contributed by atoms with Gasteiger partial charge in [0.15, 0.2) is 5.65 Å². The first kappa shape index (κ1) is 12.6. The van der Waals surface area contributed by atoms with Gasteiger partial charge in [-0.15, -0.1) is 0 Å². The predicted octanol–water partition coefficient (Wildman–Crippen LogP) is 1.57. The molecule has 2 rings (SSSR count). The highest BCUT2D eigenvalue weighted by molar-refractivity contribution is 5.50. The molecule has 0 spiro atoms. The van der Waals surface area contributed by atoms with Crippen molar-refractivity contribution in [2.45, 2.75) is 40.2 Å². The van der Waals surface area contributed by atoms with Crippen molar-refractivity contribution in [2.75, 3.05) is 5.32 Å². The van der Waals surface area contributed by atoms with Crippen molar-refractivity contribution in [3.63, 3.8) is 0 Å². The molecule has 98 valence electrons. The van der Waals surface area contributed by atoms with E-state index < -0.39 is 0 Å². The average Bonchev–Trinajstić information content (AvgIpc) is 2.68. The van der Waals surface area contributed by atoms with Gasteiger partial charge in [0.05, 0.1) is 0 Å². The zero-order valence-electron chi connectivity index (χ0n) is 11.2. The van der Waals surface area contributed by atoms with E-state index >= 15 is 0 Å². The van der Waals surface area contributed by atoms with Crippen LogP contribution in [-0.2, 0) is 0 Å². The first-order valence-corrected chi connectivity index (χ1v) is 6.24. The van der Waals surface area contributed by atoms with Gasteiger partial charge in [-0.1, -0.05) is 20.8 Å². The van der Waals surface area contributed by atoms with Gasteiger partial charge in [0.2, 0.25) is 0 Å². The lowest BCUT2D eigenvalue weighted by Gasteiger charge is -2.21. The summed E-state index contributed by atoms with van der Waals surface area (Å²) in [4.78, 5) is 15.9. The van der Waals surface area contributed by atoms with E-state index in [1.807, 2.05) is 0 Å². The van der Waals surface area contributed by atoms with E-state index in [-0.39, 0.29) is 5.69 Å². The summed E-state index contributed by atoms with van der Waals surface area (Å²) in [5.74, 6) is 1.92. The molecule has 0 aliphatic carbocycles. The van der Waals surface area contributed by atoms with E-state index in [1.54, 1.807) is 13.0 Å². The van der Waals surface area contributed by atoms with Gasteiger partial charge in [0.25, 0.3) is 0 Å². The van der Waals surface area contributed by atoms with Gasteiger partial charge in [-0.25, -0.2) is 19.3 Å². The number of hydrogen-bond acceptors (Lipinski definition) is 4. The van der Waals surface area contributed by atoms with Crippen molar-refractivity contribution in [3.05, 3.63) is 22.4 Å². The molecular formula is C12H19N5O. The highest BCUT2D eigenvalue weighted by Crippen LogP contribution is 2.14. The molecule has 0 radical (unpaired) electrons. The fraction of sp³-hybridized carbons (Fsp3) is 0.583. The van der Waals surface area contributed by atoms with Crippen molar-refractivity contribution in [3.8, 4) is 0 Å². The average molecular weight is 249 g/mol. The molecule has 0 aliphatic heterocycles. The molecular weight excluding hydrogens is 230 g/mol. The number of aromatic nitrogens is 4. The summed E-state index contributed by atoms with van der Waals surface area (Å²) in [6, 6.07) is 2.15. The Bertz CT molecular complexity index is 598. The fourth-order valence-corrected chi connectivity index (χ4v) is 2.10. The summed E-state index contributed by atoms with van der Waals surface area (Å²) < 4.78 is 1.46. The summed E-state index contributed by atoms with van der Waals surface area (Å²) in [5, 5.41) is 9.78. The second-order valence-corrected chi connectivity index (χ2v) is 4.81. The van der Waals surface area contributed by atoms with Gasteiger partial charge >= 0.3 is 5.69 Å². The Balaban J connectivity index is 2.38. The maximum atomic E-state index is 11.5. The third kappa shape index (κ3) is 2.23. The fourth-order valence-electron chi connectivity index (χ4n) is 2.10. The quantitative estimate of drug-likeness (QED) is 0.862.